The number of hydrogen-bond acceptors (Lipinski definition) is 3. The molecule has 1 aliphatic carbocycles. The molecule has 1 aromatic carbocycles. The Hall–Kier alpha value is -0.570. The SMILES string of the molecule is O=S(=O)(NC1(CO)CCCCC1)c1c(F)cc(F)cc1Br. The third kappa shape index (κ3) is 3.61. The monoisotopic (exact) mass is 383 g/mol. The topological polar surface area (TPSA) is 66.4 Å². The first-order valence-electron chi connectivity index (χ1n) is 6.59. The molecule has 4 nitrogen and oxygen atoms in total. The number of hydrogen-bond donors (Lipinski definition) is 2. The molecule has 2 N–H and O–H groups in total. The zero-order chi connectivity index (χ0) is 15.7. The number of sulfonamides is 1. The van der Waals surface area contributed by atoms with Crippen molar-refractivity contribution in [2.45, 2.75) is 42.5 Å². The zero-order valence-corrected chi connectivity index (χ0v) is 13.6. The molecule has 0 heterocycles. The molecule has 0 aliphatic heterocycles. The predicted molar refractivity (Wildman–Crippen MR) is 77.3 cm³/mol. The van der Waals surface area contributed by atoms with Crippen molar-refractivity contribution in [3.8, 4) is 0 Å². The lowest BCUT2D eigenvalue weighted by atomic mass is 9.83. The number of benzene rings is 1. The minimum absolute atomic E-state index is 0.184. The Labute approximate surface area is 130 Å². The molecule has 0 amide bonds. The summed E-state index contributed by atoms with van der Waals surface area (Å²) in [5.74, 6) is -2.04. The quantitative estimate of drug-likeness (QED) is 0.839. The van der Waals surface area contributed by atoms with E-state index in [0.717, 1.165) is 25.3 Å². The summed E-state index contributed by atoms with van der Waals surface area (Å²) in [5, 5.41) is 9.54. The van der Waals surface area contributed by atoms with Gasteiger partial charge in [0.05, 0.1) is 12.1 Å². The predicted octanol–water partition coefficient (Wildman–Crippen LogP) is 2.70. The second kappa shape index (κ2) is 6.28. The fourth-order valence-electron chi connectivity index (χ4n) is 2.64. The molecule has 0 radical (unpaired) electrons. The fourth-order valence-corrected chi connectivity index (χ4v) is 5.26. The average molecular weight is 384 g/mol. The van der Waals surface area contributed by atoms with Crippen LogP contribution in [0.3, 0.4) is 0 Å². The lowest BCUT2D eigenvalue weighted by molar-refractivity contribution is 0.142. The summed E-state index contributed by atoms with van der Waals surface area (Å²) in [6, 6.07) is 1.41. The summed E-state index contributed by atoms with van der Waals surface area (Å²) < 4.78 is 53.9. The normalized spacial score (nSPS) is 18.7. The van der Waals surface area contributed by atoms with Crippen LogP contribution in [-0.4, -0.2) is 25.7 Å². The van der Waals surface area contributed by atoms with Crippen molar-refractivity contribution in [3.05, 3.63) is 28.2 Å². The number of nitrogens with one attached hydrogen (secondary N) is 1. The van der Waals surface area contributed by atoms with Crippen LogP contribution in [0.2, 0.25) is 0 Å². The van der Waals surface area contributed by atoms with E-state index in [2.05, 4.69) is 20.7 Å². The number of rotatable bonds is 4. The molecule has 0 unspecified atom stereocenters. The molecule has 1 fully saturated rings. The van der Waals surface area contributed by atoms with Gasteiger partial charge in [0.15, 0.2) is 0 Å². The molecule has 0 spiro atoms. The average Bonchev–Trinajstić information content (AvgIpc) is 2.37. The first-order chi connectivity index (χ1) is 9.80. The van der Waals surface area contributed by atoms with Gasteiger partial charge in [-0.1, -0.05) is 19.3 Å². The maximum Gasteiger partial charge on any atom is 0.245 e. The maximum atomic E-state index is 13.8. The van der Waals surface area contributed by atoms with Gasteiger partial charge in [-0.25, -0.2) is 21.9 Å². The standard InChI is InChI=1S/C13H16BrF2NO3S/c14-10-6-9(15)7-11(16)12(10)21(19,20)17-13(8-18)4-2-1-3-5-13/h6-7,17-18H,1-5,8H2. The van der Waals surface area contributed by atoms with Crippen molar-refractivity contribution in [1.82, 2.24) is 4.72 Å². The van der Waals surface area contributed by atoms with E-state index in [-0.39, 0.29) is 11.1 Å². The van der Waals surface area contributed by atoms with Gasteiger partial charge in [0.25, 0.3) is 0 Å². The summed E-state index contributed by atoms with van der Waals surface area (Å²) in [6.07, 6.45) is 3.52. The van der Waals surface area contributed by atoms with Crippen LogP contribution in [0.1, 0.15) is 32.1 Å². The Balaban J connectivity index is 2.38. The number of aliphatic hydroxyl groups excluding tert-OH is 1. The highest BCUT2D eigenvalue weighted by atomic mass is 79.9. The van der Waals surface area contributed by atoms with E-state index in [1.807, 2.05) is 0 Å². The molecule has 1 aromatic rings. The van der Waals surface area contributed by atoms with E-state index in [1.165, 1.54) is 0 Å². The molecule has 1 aliphatic rings. The van der Waals surface area contributed by atoms with Crippen LogP contribution in [0, 0.1) is 11.6 Å². The summed E-state index contributed by atoms with van der Waals surface area (Å²) in [7, 11) is -4.21. The van der Waals surface area contributed by atoms with Crippen molar-refractivity contribution < 1.29 is 22.3 Å². The lowest BCUT2D eigenvalue weighted by Crippen LogP contribution is -2.52. The Morgan fingerprint density at radius 1 is 1.24 bits per heavy atom. The van der Waals surface area contributed by atoms with Gasteiger partial charge in [-0.05, 0) is 34.8 Å². The highest BCUT2D eigenvalue weighted by Crippen LogP contribution is 2.32. The Kier molecular flexibility index (Phi) is 5.02. The summed E-state index contributed by atoms with van der Waals surface area (Å²) in [6.45, 7) is -0.355. The van der Waals surface area contributed by atoms with Crippen LogP contribution < -0.4 is 4.72 Å². The van der Waals surface area contributed by atoms with E-state index < -0.39 is 32.1 Å². The lowest BCUT2D eigenvalue weighted by Gasteiger charge is -2.36. The van der Waals surface area contributed by atoms with Crippen molar-refractivity contribution in [1.29, 1.82) is 0 Å². The van der Waals surface area contributed by atoms with Crippen LogP contribution in [-0.2, 0) is 10.0 Å². The Morgan fingerprint density at radius 3 is 2.38 bits per heavy atom. The molecule has 1 saturated carbocycles. The molecule has 0 atom stereocenters. The molecule has 118 valence electrons. The third-order valence-electron chi connectivity index (χ3n) is 3.70. The molecule has 0 aromatic heterocycles. The molecule has 2 rings (SSSR count). The van der Waals surface area contributed by atoms with Crippen LogP contribution in [0.5, 0.6) is 0 Å². The smallest absolute Gasteiger partial charge is 0.245 e. The van der Waals surface area contributed by atoms with E-state index >= 15 is 0 Å². The molecule has 8 heteroatoms. The number of halogens is 3. The third-order valence-corrected chi connectivity index (χ3v) is 6.24. The first-order valence-corrected chi connectivity index (χ1v) is 8.87. The van der Waals surface area contributed by atoms with Gasteiger partial charge in [0, 0.05) is 10.5 Å². The van der Waals surface area contributed by atoms with Crippen molar-refractivity contribution in [2.75, 3.05) is 6.61 Å². The summed E-state index contributed by atoms with van der Waals surface area (Å²) >= 11 is 2.88. The minimum atomic E-state index is -4.21. The largest absolute Gasteiger partial charge is 0.394 e. The second-order valence-corrected chi connectivity index (χ2v) is 7.78. The Bertz CT molecular complexity index is 607. The first kappa shape index (κ1) is 16.8. The van der Waals surface area contributed by atoms with E-state index in [1.54, 1.807) is 0 Å². The molecule has 0 bridgehead atoms. The summed E-state index contributed by atoms with van der Waals surface area (Å²) in [4.78, 5) is -0.637. The van der Waals surface area contributed by atoms with Gasteiger partial charge in [-0.2, -0.15) is 0 Å². The van der Waals surface area contributed by atoms with E-state index in [0.29, 0.717) is 18.9 Å². The van der Waals surface area contributed by atoms with Crippen molar-refractivity contribution in [2.24, 2.45) is 0 Å². The second-order valence-electron chi connectivity index (χ2n) is 5.30. The van der Waals surface area contributed by atoms with Gasteiger partial charge >= 0.3 is 0 Å². The highest BCUT2D eigenvalue weighted by Gasteiger charge is 2.37. The van der Waals surface area contributed by atoms with Gasteiger partial charge in [-0.3, -0.25) is 0 Å². The van der Waals surface area contributed by atoms with Crippen LogP contribution in [0.4, 0.5) is 8.78 Å². The molecule has 21 heavy (non-hydrogen) atoms. The Morgan fingerprint density at radius 2 is 1.86 bits per heavy atom. The van der Waals surface area contributed by atoms with Crippen LogP contribution in [0.25, 0.3) is 0 Å². The minimum Gasteiger partial charge on any atom is -0.394 e. The fraction of sp³-hybridized carbons (Fsp3) is 0.538. The summed E-state index contributed by atoms with van der Waals surface area (Å²) in [5.41, 5.74) is -0.975. The molecule has 0 saturated heterocycles. The van der Waals surface area contributed by atoms with Gasteiger partial charge < -0.3 is 5.11 Å². The van der Waals surface area contributed by atoms with Crippen LogP contribution >= 0.6 is 15.9 Å². The van der Waals surface area contributed by atoms with Crippen molar-refractivity contribution in [3.63, 3.8) is 0 Å². The van der Waals surface area contributed by atoms with Gasteiger partial charge in [-0.15, -0.1) is 0 Å². The maximum absolute atomic E-state index is 13.8. The van der Waals surface area contributed by atoms with Gasteiger partial charge in [0.1, 0.15) is 16.5 Å². The highest BCUT2D eigenvalue weighted by molar-refractivity contribution is 9.10. The van der Waals surface area contributed by atoms with Gasteiger partial charge in [0.2, 0.25) is 10.0 Å². The van der Waals surface area contributed by atoms with Crippen LogP contribution in [0.15, 0.2) is 21.5 Å². The van der Waals surface area contributed by atoms with E-state index in [9.17, 15) is 22.3 Å². The molecular formula is C13H16BrF2NO3S. The number of aliphatic hydroxyl groups is 1. The van der Waals surface area contributed by atoms with Crippen molar-refractivity contribution >= 4 is 26.0 Å². The van der Waals surface area contributed by atoms with E-state index in [4.69, 9.17) is 0 Å². The molecular weight excluding hydrogens is 368 g/mol. The zero-order valence-electron chi connectivity index (χ0n) is 11.2.